The highest BCUT2D eigenvalue weighted by atomic mass is 19.4. The molecule has 0 saturated carbocycles. The number of benzene rings is 1. The van der Waals surface area contributed by atoms with Crippen molar-refractivity contribution in [2.24, 2.45) is 5.92 Å². The minimum Gasteiger partial charge on any atom is -0.381 e. The Labute approximate surface area is 109 Å². The molecular weight excluding hydrogens is 259 g/mol. The number of rotatable bonds is 3. The van der Waals surface area contributed by atoms with Gasteiger partial charge in [0.2, 0.25) is 5.91 Å². The van der Waals surface area contributed by atoms with Crippen molar-refractivity contribution >= 4 is 11.6 Å². The van der Waals surface area contributed by atoms with Crippen LogP contribution in [0.25, 0.3) is 0 Å². The second-order valence-electron chi connectivity index (χ2n) is 4.44. The molecule has 1 amide bonds. The number of nitrogens with zero attached hydrogens (tertiary/aromatic N) is 1. The van der Waals surface area contributed by atoms with Crippen LogP contribution in [0.1, 0.15) is 6.42 Å². The Hall–Kier alpha value is -1.56. The number of carbonyl (C=O) groups is 1. The van der Waals surface area contributed by atoms with E-state index in [1.165, 1.54) is 12.1 Å². The number of carbonyl (C=O) groups excluding carboxylic acids is 1. The molecule has 1 aliphatic rings. The number of anilines is 1. The Balaban J connectivity index is 2.21. The van der Waals surface area contributed by atoms with Crippen LogP contribution in [0.15, 0.2) is 30.3 Å². The molecule has 0 bridgehead atoms. The van der Waals surface area contributed by atoms with Gasteiger partial charge in [0.1, 0.15) is 6.54 Å². The molecule has 3 nitrogen and oxygen atoms in total. The Morgan fingerprint density at radius 2 is 2.00 bits per heavy atom. The fourth-order valence-corrected chi connectivity index (χ4v) is 2.03. The summed E-state index contributed by atoms with van der Waals surface area (Å²) in [6.45, 7) is -0.655. The standard InChI is InChI=1S/C13H14F3NO2/c14-13(15,16)9-17(11-4-2-1-3-5-11)12(18)10-6-7-19-8-10/h1-5,10H,6-9H2/t10-/m1/s1. The molecule has 1 atom stereocenters. The third-order valence-corrected chi connectivity index (χ3v) is 2.95. The van der Waals surface area contributed by atoms with Crippen LogP contribution >= 0.6 is 0 Å². The Morgan fingerprint density at radius 3 is 2.53 bits per heavy atom. The van der Waals surface area contributed by atoms with Crippen molar-refractivity contribution in [3.63, 3.8) is 0 Å². The second kappa shape index (κ2) is 5.61. The smallest absolute Gasteiger partial charge is 0.381 e. The molecule has 1 fully saturated rings. The predicted octanol–water partition coefficient (Wildman–Crippen LogP) is 2.62. The van der Waals surface area contributed by atoms with Crippen molar-refractivity contribution in [2.75, 3.05) is 24.7 Å². The van der Waals surface area contributed by atoms with Gasteiger partial charge in [-0.25, -0.2) is 0 Å². The van der Waals surface area contributed by atoms with E-state index in [1.54, 1.807) is 18.2 Å². The third kappa shape index (κ3) is 3.70. The summed E-state index contributed by atoms with van der Waals surface area (Å²) < 4.78 is 42.9. The minimum atomic E-state index is -4.43. The molecule has 104 valence electrons. The molecule has 0 N–H and O–H groups in total. The van der Waals surface area contributed by atoms with Crippen LogP contribution in [-0.4, -0.2) is 31.8 Å². The van der Waals surface area contributed by atoms with E-state index in [2.05, 4.69) is 0 Å². The second-order valence-corrected chi connectivity index (χ2v) is 4.44. The number of ether oxygens (including phenoxy) is 1. The summed E-state index contributed by atoms with van der Waals surface area (Å²) in [7, 11) is 0. The van der Waals surface area contributed by atoms with Gasteiger partial charge in [-0.05, 0) is 18.6 Å². The van der Waals surface area contributed by atoms with E-state index in [1.807, 2.05) is 0 Å². The third-order valence-electron chi connectivity index (χ3n) is 2.95. The highest BCUT2D eigenvalue weighted by Gasteiger charge is 2.37. The predicted molar refractivity (Wildman–Crippen MR) is 63.8 cm³/mol. The van der Waals surface area contributed by atoms with E-state index in [0.29, 0.717) is 13.0 Å². The zero-order chi connectivity index (χ0) is 13.9. The fraction of sp³-hybridized carbons (Fsp3) is 0.462. The SMILES string of the molecule is O=C([C@@H]1CCOC1)N(CC(F)(F)F)c1ccccc1. The van der Waals surface area contributed by atoms with Gasteiger partial charge in [-0.2, -0.15) is 13.2 Å². The maximum atomic E-state index is 12.6. The average Bonchev–Trinajstić information content (AvgIpc) is 2.89. The Bertz CT molecular complexity index is 427. The number of halogens is 3. The lowest BCUT2D eigenvalue weighted by Crippen LogP contribution is -2.42. The van der Waals surface area contributed by atoms with Crippen LogP contribution in [0.2, 0.25) is 0 Å². The quantitative estimate of drug-likeness (QED) is 0.847. The molecule has 1 saturated heterocycles. The summed E-state index contributed by atoms with van der Waals surface area (Å²) in [6, 6.07) is 7.91. The van der Waals surface area contributed by atoms with Gasteiger partial charge in [0.15, 0.2) is 0 Å². The molecule has 1 aromatic carbocycles. The molecule has 0 radical (unpaired) electrons. The lowest BCUT2D eigenvalue weighted by molar-refractivity contribution is -0.134. The normalized spacial score (nSPS) is 19.4. The summed E-state index contributed by atoms with van der Waals surface area (Å²) in [5, 5.41) is 0. The Kier molecular flexibility index (Phi) is 4.09. The minimum absolute atomic E-state index is 0.194. The summed E-state index contributed by atoms with van der Waals surface area (Å²) >= 11 is 0. The van der Waals surface area contributed by atoms with Gasteiger partial charge in [0.05, 0.1) is 12.5 Å². The molecule has 0 unspecified atom stereocenters. The van der Waals surface area contributed by atoms with Crippen molar-refractivity contribution in [2.45, 2.75) is 12.6 Å². The highest BCUT2D eigenvalue weighted by Crippen LogP contribution is 2.25. The topological polar surface area (TPSA) is 29.5 Å². The van der Waals surface area contributed by atoms with Crippen LogP contribution in [-0.2, 0) is 9.53 Å². The van der Waals surface area contributed by atoms with Gasteiger partial charge in [-0.1, -0.05) is 18.2 Å². The van der Waals surface area contributed by atoms with Gasteiger partial charge < -0.3 is 9.64 Å². The first-order valence-corrected chi connectivity index (χ1v) is 5.98. The van der Waals surface area contributed by atoms with Crippen LogP contribution in [0.4, 0.5) is 18.9 Å². The van der Waals surface area contributed by atoms with Gasteiger partial charge in [0, 0.05) is 12.3 Å². The molecule has 1 aliphatic heterocycles. The van der Waals surface area contributed by atoms with Crippen LogP contribution in [0.3, 0.4) is 0 Å². The summed E-state index contributed by atoms with van der Waals surface area (Å²) in [5.41, 5.74) is 0.261. The van der Waals surface area contributed by atoms with Crippen LogP contribution in [0.5, 0.6) is 0 Å². The molecule has 0 spiro atoms. The maximum absolute atomic E-state index is 12.6. The number of hydrogen-bond donors (Lipinski definition) is 0. The number of amides is 1. The summed E-state index contributed by atoms with van der Waals surface area (Å²) in [5.74, 6) is -1.01. The molecule has 6 heteroatoms. The molecule has 2 rings (SSSR count). The summed E-state index contributed by atoms with van der Waals surface area (Å²) in [4.78, 5) is 13.0. The lowest BCUT2D eigenvalue weighted by Gasteiger charge is -2.26. The van der Waals surface area contributed by atoms with Gasteiger partial charge in [-0.15, -0.1) is 0 Å². The average molecular weight is 273 g/mol. The number of hydrogen-bond acceptors (Lipinski definition) is 2. The first-order chi connectivity index (χ1) is 8.97. The fourth-order valence-electron chi connectivity index (χ4n) is 2.03. The molecular formula is C13H14F3NO2. The monoisotopic (exact) mass is 273 g/mol. The zero-order valence-electron chi connectivity index (χ0n) is 10.2. The summed E-state index contributed by atoms with van der Waals surface area (Å²) in [6.07, 6.45) is -3.95. The van der Waals surface area contributed by atoms with E-state index >= 15 is 0 Å². The van der Waals surface area contributed by atoms with E-state index < -0.39 is 24.5 Å². The highest BCUT2D eigenvalue weighted by molar-refractivity contribution is 5.95. The van der Waals surface area contributed by atoms with Gasteiger partial charge in [-0.3, -0.25) is 4.79 Å². The van der Waals surface area contributed by atoms with Crippen molar-refractivity contribution < 1.29 is 22.7 Å². The number of alkyl halides is 3. The lowest BCUT2D eigenvalue weighted by atomic mass is 10.1. The van der Waals surface area contributed by atoms with Crippen molar-refractivity contribution in [1.29, 1.82) is 0 Å². The zero-order valence-corrected chi connectivity index (χ0v) is 10.2. The Morgan fingerprint density at radius 1 is 1.32 bits per heavy atom. The molecule has 0 aromatic heterocycles. The number of para-hydroxylation sites is 1. The van der Waals surface area contributed by atoms with Crippen LogP contribution < -0.4 is 4.90 Å². The molecule has 0 aliphatic carbocycles. The van der Waals surface area contributed by atoms with Crippen LogP contribution in [0, 0.1) is 5.92 Å². The van der Waals surface area contributed by atoms with E-state index in [0.717, 1.165) is 4.90 Å². The molecule has 1 heterocycles. The van der Waals surface area contributed by atoms with Gasteiger partial charge >= 0.3 is 6.18 Å². The maximum Gasteiger partial charge on any atom is 0.406 e. The molecule has 1 aromatic rings. The van der Waals surface area contributed by atoms with E-state index in [9.17, 15) is 18.0 Å². The van der Waals surface area contributed by atoms with E-state index in [-0.39, 0.29) is 12.3 Å². The largest absolute Gasteiger partial charge is 0.406 e. The van der Waals surface area contributed by atoms with Crippen molar-refractivity contribution in [1.82, 2.24) is 0 Å². The first-order valence-electron chi connectivity index (χ1n) is 5.98. The van der Waals surface area contributed by atoms with Gasteiger partial charge in [0.25, 0.3) is 0 Å². The van der Waals surface area contributed by atoms with Crippen molar-refractivity contribution in [3.8, 4) is 0 Å². The van der Waals surface area contributed by atoms with Crippen molar-refractivity contribution in [3.05, 3.63) is 30.3 Å². The van der Waals surface area contributed by atoms with E-state index in [4.69, 9.17) is 4.74 Å². The first kappa shape index (κ1) is 13.9. The molecule has 19 heavy (non-hydrogen) atoms.